The standard InChI is InChI=1S/C18H24N4O4S/c1-3-5-7-13(4-2)11-19-16(23)12-27-18-21-20-17(26-18)14-8-6-9-15(10-14)22(24)25/h6,8-10,13H,3-5,7,11-12H2,1-2H3,(H,19,23)/t13-/m1/s1. The number of non-ortho nitro benzene ring substituents is 1. The van der Waals surface area contributed by atoms with Gasteiger partial charge in [-0.05, 0) is 18.4 Å². The number of nitrogens with one attached hydrogen (secondary N) is 1. The van der Waals surface area contributed by atoms with Crippen LogP contribution in [0.5, 0.6) is 0 Å². The minimum Gasteiger partial charge on any atom is -0.411 e. The molecule has 1 aromatic heterocycles. The smallest absolute Gasteiger partial charge is 0.277 e. The van der Waals surface area contributed by atoms with Crippen molar-refractivity contribution in [2.24, 2.45) is 5.92 Å². The molecule has 9 heteroatoms. The number of thioether (sulfide) groups is 1. The number of aromatic nitrogens is 2. The molecule has 0 aliphatic heterocycles. The zero-order valence-electron chi connectivity index (χ0n) is 15.5. The van der Waals surface area contributed by atoms with Crippen LogP contribution in [0, 0.1) is 16.0 Å². The maximum absolute atomic E-state index is 12.0. The van der Waals surface area contributed by atoms with Crippen molar-refractivity contribution in [1.29, 1.82) is 0 Å². The predicted octanol–water partition coefficient (Wildman–Crippen LogP) is 4.07. The third-order valence-corrected chi connectivity index (χ3v) is 4.99. The van der Waals surface area contributed by atoms with Gasteiger partial charge in [-0.1, -0.05) is 50.9 Å². The van der Waals surface area contributed by atoms with E-state index in [1.165, 1.54) is 18.6 Å². The summed E-state index contributed by atoms with van der Waals surface area (Å²) in [6.07, 6.45) is 4.50. The van der Waals surface area contributed by atoms with Gasteiger partial charge in [0.2, 0.25) is 11.8 Å². The Morgan fingerprint density at radius 3 is 2.89 bits per heavy atom. The van der Waals surface area contributed by atoms with Gasteiger partial charge >= 0.3 is 0 Å². The normalized spacial score (nSPS) is 11.9. The van der Waals surface area contributed by atoms with E-state index in [9.17, 15) is 14.9 Å². The van der Waals surface area contributed by atoms with Crippen molar-refractivity contribution in [3.05, 3.63) is 34.4 Å². The van der Waals surface area contributed by atoms with E-state index in [1.54, 1.807) is 12.1 Å². The molecule has 0 aliphatic rings. The zero-order chi connectivity index (χ0) is 19.6. The molecule has 0 saturated carbocycles. The first-order valence-corrected chi connectivity index (χ1v) is 9.99. The van der Waals surface area contributed by atoms with Crippen LogP contribution in [0.2, 0.25) is 0 Å². The van der Waals surface area contributed by atoms with E-state index in [0.717, 1.165) is 31.0 Å². The molecular weight excluding hydrogens is 368 g/mol. The summed E-state index contributed by atoms with van der Waals surface area (Å²) in [5.41, 5.74) is 0.419. The van der Waals surface area contributed by atoms with Gasteiger partial charge in [0, 0.05) is 24.2 Å². The largest absolute Gasteiger partial charge is 0.411 e. The molecule has 0 fully saturated rings. The van der Waals surface area contributed by atoms with Crippen molar-refractivity contribution < 1.29 is 14.1 Å². The van der Waals surface area contributed by atoms with E-state index in [-0.39, 0.29) is 28.5 Å². The number of carbonyl (C=O) groups excluding carboxylic acids is 1. The van der Waals surface area contributed by atoms with E-state index in [2.05, 4.69) is 29.4 Å². The average molecular weight is 392 g/mol. The third-order valence-electron chi connectivity index (χ3n) is 4.17. The van der Waals surface area contributed by atoms with Crippen molar-refractivity contribution in [2.75, 3.05) is 12.3 Å². The van der Waals surface area contributed by atoms with Crippen molar-refractivity contribution in [1.82, 2.24) is 15.5 Å². The zero-order valence-corrected chi connectivity index (χ0v) is 16.3. The molecule has 1 amide bonds. The summed E-state index contributed by atoms with van der Waals surface area (Å²) in [6.45, 7) is 4.97. The molecule has 0 unspecified atom stereocenters. The lowest BCUT2D eigenvalue weighted by atomic mass is 9.99. The Kier molecular flexibility index (Phi) is 8.25. The fraction of sp³-hybridized carbons (Fsp3) is 0.500. The van der Waals surface area contributed by atoms with Gasteiger partial charge in [0.15, 0.2) is 0 Å². The van der Waals surface area contributed by atoms with Gasteiger partial charge in [0.1, 0.15) is 0 Å². The van der Waals surface area contributed by atoms with Gasteiger partial charge in [-0.3, -0.25) is 14.9 Å². The molecule has 0 aliphatic carbocycles. The lowest BCUT2D eigenvalue weighted by molar-refractivity contribution is -0.384. The number of unbranched alkanes of at least 4 members (excludes halogenated alkanes) is 1. The molecule has 2 aromatic rings. The van der Waals surface area contributed by atoms with Gasteiger partial charge in [-0.2, -0.15) is 0 Å². The third kappa shape index (κ3) is 6.67. The Labute approximate surface area is 162 Å². The Hall–Kier alpha value is -2.42. The number of nitrogens with zero attached hydrogens (tertiary/aromatic N) is 3. The highest BCUT2D eigenvalue weighted by Gasteiger charge is 2.14. The number of carbonyl (C=O) groups is 1. The molecule has 1 atom stereocenters. The maximum Gasteiger partial charge on any atom is 0.277 e. The molecule has 1 heterocycles. The second-order valence-corrected chi connectivity index (χ2v) is 7.12. The van der Waals surface area contributed by atoms with E-state index in [4.69, 9.17) is 4.42 Å². The molecule has 8 nitrogen and oxygen atoms in total. The molecular formula is C18H24N4O4S. The number of hydrogen-bond donors (Lipinski definition) is 1. The predicted molar refractivity (Wildman–Crippen MR) is 103 cm³/mol. The summed E-state index contributed by atoms with van der Waals surface area (Å²) in [6, 6.07) is 5.98. The summed E-state index contributed by atoms with van der Waals surface area (Å²) < 4.78 is 5.49. The Morgan fingerprint density at radius 1 is 1.37 bits per heavy atom. The lowest BCUT2D eigenvalue weighted by Gasteiger charge is -2.14. The van der Waals surface area contributed by atoms with Crippen LogP contribution in [0.25, 0.3) is 11.5 Å². The topological polar surface area (TPSA) is 111 Å². The number of benzene rings is 1. The molecule has 0 bridgehead atoms. The Balaban J connectivity index is 1.84. The monoisotopic (exact) mass is 392 g/mol. The minimum atomic E-state index is -0.482. The molecule has 0 spiro atoms. The molecule has 0 radical (unpaired) electrons. The van der Waals surface area contributed by atoms with Crippen LogP contribution in [0.4, 0.5) is 5.69 Å². The van der Waals surface area contributed by atoms with Crippen LogP contribution in [-0.2, 0) is 4.79 Å². The van der Waals surface area contributed by atoms with Crippen molar-refractivity contribution in [3.63, 3.8) is 0 Å². The van der Waals surface area contributed by atoms with Gasteiger partial charge in [-0.25, -0.2) is 0 Å². The quantitative estimate of drug-likeness (QED) is 0.348. The summed E-state index contributed by atoms with van der Waals surface area (Å²) in [5.74, 6) is 0.792. The summed E-state index contributed by atoms with van der Waals surface area (Å²) in [5, 5.41) is 21.8. The summed E-state index contributed by atoms with van der Waals surface area (Å²) in [7, 11) is 0. The highest BCUT2D eigenvalue weighted by Crippen LogP contribution is 2.25. The summed E-state index contributed by atoms with van der Waals surface area (Å²) >= 11 is 1.15. The second kappa shape index (κ2) is 10.7. The molecule has 0 saturated heterocycles. The molecule has 146 valence electrons. The van der Waals surface area contributed by atoms with Crippen LogP contribution in [0.3, 0.4) is 0 Å². The number of rotatable bonds is 11. The number of hydrogen-bond acceptors (Lipinski definition) is 7. The van der Waals surface area contributed by atoms with Crippen LogP contribution in [0.1, 0.15) is 39.5 Å². The number of nitro groups is 1. The lowest BCUT2D eigenvalue weighted by Crippen LogP contribution is -2.30. The maximum atomic E-state index is 12.0. The van der Waals surface area contributed by atoms with Gasteiger partial charge in [0.05, 0.1) is 10.7 Å². The van der Waals surface area contributed by atoms with Crippen molar-refractivity contribution >= 4 is 23.4 Å². The molecule has 2 rings (SSSR count). The first-order chi connectivity index (χ1) is 13.0. The molecule has 27 heavy (non-hydrogen) atoms. The highest BCUT2D eigenvalue weighted by atomic mass is 32.2. The van der Waals surface area contributed by atoms with Gasteiger partial charge < -0.3 is 9.73 Å². The average Bonchev–Trinajstić information content (AvgIpc) is 3.15. The highest BCUT2D eigenvalue weighted by molar-refractivity contribution is 7.99. The van der Waals surface area contributed by atoms with E-state index in [0.29, 0.717) is 18.0 Å². The van der Waals surface area contributed by atoms with Crippen LogP contribution in [-0.4, -0.2) is 33.3 Å². The van der Waals surface area contributed by atoms with Gasteiger partial charge in [-0.15, -0.1) is 10.2 Å². The summed E-state index contributed by atoms with van der Waals surface area (Å²) in [4.78, 5) is 22.4. The van der Waals surface area contributed by atoms with Crippen molar-refractivity contribution in [2.45, 2.75) is 44.8 Å². The minimum absolute atomic E-state index is 0.0483. The van der Waals surface area contributed by atoms with Gasteiger partial charge in [0.25, 0.3) is 10.9 Å². The van der Waals surface area contributed by atoms with E-state index in [1.807, 2.05) is 0 Å². The molecule has 1 aromatic carbocycles. The fourth-order valence-corrected chi connectivity index (χ4v) is 3.11. The first-order valence-electron chi connectivity index (χ1n) is 9.01. The Morgan fingerprint density at radius 2 is 2.19 bits per heavy atom. The fourth-order valence-electron chi connectivity index (χ4n) is 2.52. The SMILES string of the molecule is CCCC[C@@H](CC)CNC(=O)CSc1nnc(-c2cccc([N+](=O)[O-])c2)o1. The van der Waals surface area contributed by atoms with Crippen molar-refractivity contribution in [3.8, 4) is 11.5 Å². The number of amides is 1. The van der Waals surface area contributed by atoms with Crippen LogP contribution >= 0.6 is 11.8 Å². The first kappa shape index (κ1) is 20.9. The number of nitro benzene ring substituents is 1. The second-order valence-electron chi connectivity index (χ2n) is 6.19. The van der Waals surface area contributed by atoms with Crippen LogP contribution < -0.4 is 5.32 Å². The van der Waals surface area contributed by atoms with E-state index < -0.39 is 4.92 Å². The van der Waals surface area contributed by atoms with Crippen LogP contribution in [0.15, 0.2) is 33.9 Å². The molecule has 1 N–H and O–H groups in total. The van der Waals surface area contributed by atoms with E-state index >= 15 is 0 Å². The Bertz CT molecular complexity index is 765.